The summed E-state index contributed by atoms with van der Waals surface area (Å²) in [4.78, 5) is 29.3. The fourth-order valence-electron chi connectivity index (χ4n) is 2.51. The molecule has 0 atom stereocenters. The van der Waals surface area contributed by atoms with Gasteiger partial charge < -0.3 is 9.47 Å². The Labute approximate surface area is 168 Å². The molecule has 29 heavy (non-hydrogen) atoms. The number of amides is 1. The number of hydrazine groups is 1. The molecule has 0 saturated heterocycles. The third-order valence-electron chi connectivity index (χ3n) is 4.07. The highest BCUT2D eigenvalue weighted by molar-refractivity contribution is 5.92. The van der Waals surface area contributed by atoms with E-state index in [1.807, 2.05) is 26.0 Å². The van der Waals surface area contributed by atoms with Crippen LogP contribution in [0.2, 0.25) is 0 Å². The van der Waals surface area contributed by atoms with Crippen LogP contribution in [-0.2, 0) is 6.54 Å². The summed E-state index contributed by atoms with van der Waals surface area (Å²) in [6.07, 6.45) is 6.26. The maximum atomic E-state index is 12.4. The lowest BCUT2D eigenvalue weighted by atomic mass is 10.2. The summed E-state index contributed by atoms with van der Waals surface area (Å²) in [5.41, 5.74) is 8.72. The lowest BCUT2D eigenvalue weighted by Crippen LogP contribution is -2.37. The number of aromatic nitrogens is 4. The molecule has 150 valence electrons. The second-order valence-corrected chi connectivity index (χ2v) is 6.04. The van der Waals surface area contributed by atoms with Crippen LogP contribution in [0.4, 0.5) is 0 Å². The van der Waals surface area contributed by atoms with E-state index in [0.29, 0.717) is 30.5 Å². The van der Waals surface area contributed by atoms with Crippen molar-refractivity contribution in [3.05, 3.63) is 59.9 Å². The maximum absolute atomic E-state index is 12.4. The Morgan fingerprint density at radius 2 is 2.00 bits per heavy atom. The van der Waals surface area contributed by atoms with E-state index < -0.39 is 5.91 Å². The van der Waals surface area contributed by atoms with Gasteiger partial charge in [0.2, 0.25) is 5.88 Å². The molecule has 0 unspecified atom stereocenters. The van der Waals surface area contributed by atoms with E-state index in [1.54, 1.807) is 31.8 Å². The largest absolute Gasteiger partial charge is 0.495 e. The minimum absolute atomic E-state index is 0.185. The number of nitrogens with one attached hydrogen (secondary N) is 2. The van der Waals surface area contributed by atoms with Gasteiger partial charge in [0.25, 0.3) is 5.91 Å². The molecule has 0 aliphatic carbocycles. The first-order valence-corrected chi connectivity index (χ1v) is 9.04. The van der Waals surface area contributed by atoms with E-state index in [2.05, 4.69) is 30.8 Å². The lowest BCUT2D eigenvalue weighted by molar-refractivity contribution is 0.0926. The molecule has 0 fully saturated rings. The van der Waals surface area contributed by atoms with Gasteiger partial charge in [-0.2, -0.15) is 0 Å². The third-order valence-corrected chi connectivity index (χ3v) is 4.07. The summed E-state index contributed by atoms with van der Waals surface area (Å²) >= 11 is 0. The lowest BCUT2D eigenvalue weighted by Gasteiger charge is -2.10. The quantitative estimate of drug-likeness (QED) is 0.559. The molecule has 3 rings (SSSR count). The molecule has 9 nitrogen and oxygen atoms in total. The van der Waals surface area contributed by atoms with E-state index in [0.717, 1.165) is 16.8 Å². The SMILES string of the molecule is CCOc1ccc(-c2cncc(C(=O)NNCc3cc(OC)cnc3C)n2)cn1. The molecule has 9 heteroatoms. The van der Waals surface area contributed by atoms with Crippen LogP contribution in [0.25, 0.3) is 11.3 Å². The number of methoxy groups -OCH3 is 1. The van der Waals surface area contributed by atoms with Gasteiger partial charge in [-0.15, -0.1) is 0 Å². The van der Waals surface area contributed by atoms with Crippen LogP contribution in [-0.4, -0.2) is 39.6 Å². The van der Waals surface area contributed by atoms with Crippen molar-refractivity contribution >= 4 is 5.91 Å². The minimum Gasteiger partial charge on any atom is -0.495 e. The highest BCUT2D eigenvalue weighted by atomic mass is 16.5. The van der Waals surface area contributed by atoms with Crippen LogP contribution in [0.15, 0.2) is 43.0 Å². The van der Waals surface area contributed by atoms with E-state index in [1.165, 1.54) is 6.20 Å². The molecule has 0 aliphatic heterocycles. The topological polar surface area (TPSA) is 111 Å². The average molecular weight is 394 g/mol. The van der Waals surface area contributed by atoms with Crippen LogP contribution in [0.5, 0.6) is 11.6 Å². The van der Waals surface area contributed by atoms with Gasteiger partial charge in [-0.25, -0.2) is 15.4 Å². The van der Waals surface area contributed by atoms with E-state index in [-0.39, 0.29) is 5.69 Å². The first-order chi connectivity index (χ1) is 14.1. The van der Waals surface area contributed by atoms with Crippen LogP contribution < -0.4 is 20.3 Å². The smallest absolute Gasteiger partial charge is 0.285 e. The predicted octanol–water partition coefficient (Wildman–Crippen LogP) is 2.08. The molecule has 0 aromatic carbocycles. The monoisotopic (exact) mass is 394 g/mol. The molecule has 2 N–H and O–H groups in total. The molecular formula is C20H22N6O3. The molecule has 0 spiro atoms. The normalized spacial score (nSPS) is 10.4. The molecule has 0 saturated carbocycles. The number of carbonyl (C=O) groups excluding carboxylic acids is 1. The van der Waals surface area contributed by atoms with Gasteiger partial charge in [0.15, 0.2) is 0 Å². The maximum Gasteiger partial charge on any atom is 0.285 e. The van der Waals surface area contributed by atoms with Crippen LogP contribution in [0.3, 0.4) is 0 Å². The summed E-state index contributed by atoms with van der Waals surface area (Å²) in [7, 11) is 1.58. The Morgan fingerprint density at radius 3 is 2.72 bits per heavy atom. The van der Waals surface area contributed by atoms with Gasteiger partial charge in [0.1, 0.15) is 11.4 Å². The van der Waals surface area contributed by atoms with Crippen molar-refractivity contribution in [1.29, 1.82) is 0 Å². The Kier molecular flexibility index (Phi) is 6.64. The van der Waals surface area contributed by atoms with Crippen molar-refractivity contribution in [2.75, 3.05) is 13.7 Å². The zero-order valence-electron chi connectivity index (χ0n) is 16.5. The summed E-state index contributed by atoms with van der Waals surface area (Å²) in [6, 6.07) is 5.43. The zero-order valence-corrected chi connectivity index (χ0v) is 16.5. The average Bonchev–Trinajstić information content (AvgIpc) is 2.76. The minimum atomic E-state index is -0.397. The highest BCUT2D eigenvalue weighted by Gasteiger charge is 2.11. The molecule has 0 radical (unpaired) electrons. The van der Waals surface area contributed by atoms with Gasteiger partial charge >= 0.3 is 0 Å². The Morgan fingerprint density at radius 1 is 1.14 bits per heavy atom. The van der Waals surface area contributed by atoms with Crippen molar-refractivity contribution in [2.24, 2.45) is 0 Å². The number of hydrogen-bond acceptors (Lipinski definition) is 8. The summed E-state index contributed by atoms with van der Waals surface area (Å²) < 4.78 is 10.5. The zero-order chi connectivity index (χ0) is 20.6. The van der Waals surface area contributed by atoms with Gasteiger partial charge in [0.05, 0.1) is 38.0 Å². The van der Waals surface area contributed by atoms with E-state index in [9.17, 15) is 4.79 Å². The van der Waals surface area contributed by atoms with Gasteiger partial charge in [-0.05, 0) is 31.5 Å². The van der Waals surface area contributed by atoms with Gasteiger partial charge in [0, 0.05) is 30.1 Å². The number of aryl methyl sites for hydroxylation is 1. The van der Waals surface area contributed by atoms with Crippen LogP contribution in [0, 0.1) is 6.92 Å². The molecule has 3 aromatic heterocycles. The van der Waals surface area contributed by atoms with Gasteiger partial charge in [-0.3, -0.25) is 20.2 Å². The number of rotatable bonds is 8. The second kappa shape index (κ2) is 9.56. The number of carbonyl (C=O) groups is 1. The molecule has 1 amide bonds. The van der Waals surface area contributed by atoms with Crippen LogP contribution >= 0.6 is 0 Å². The Hall–Kier alpha value is -3.59. The first-order valence-electron chi connectivity index (χ1n) is 9.04. The molecule has 3 heterocycles. The standard InChI is InChI=1S/C20H22N6O3/c1-4-29-19-6-5-14(8-23-19)17-11-21-12-18(25-17)20(27)26-24-9-15-7-16(28-3)10-22-13(15)2/h5-8,10-12,24H,4,9H2,1-3H3,(H,26,27). The van der Waals surface area contributed by atoms with Crippen LogP contribution in [0.1, 0.15) is 28.7 Å². The fraction of sp³-hybridized carbons (Fsp3) is 0.250. The van der Waals surface area contributed by atoms with E-state index in [4.69, 9.17) is 9.47 Å². The number of ether oxygens (including phenoxy) is 2. The summed E-state index contributed by atoms with van der Waals surface area (Å²) in [5.74, 6) is 0.789. The third kappa shape index (κ3) is 5.23. The number of hydrogen-bond donors (Lipinski definition) is 2. The molecule has 3 aromatic rings. The van der Waals surface area contributed by atoms with Crippen molar-refractivity contribution in [3.8, 4) is 22.9 Å². The van der Waals surface area contributed by atoms with E-state index >= 15 is 0 Å². The number of nitrogens with zero attached hydrogens (tertiary/aromatic N) is 4. The second-order valence-electron chi connectivity index (χ2n) is 6.04. The Bertz CT molecular complexity index is 978. The van der Waals surface area contributed by atoms with Gasteiger partial charge in [-0.1, -0.05) is 0 Å². The van der Waals surface area contributed by atoms with Crippen molar-refractivity contribution < 1.29 is 14.3 Å². The summed E-state index contributed by atoms with van der Waals surface area (Å²) in [5, 5.41) is 0. The van der Waals surface area contributed by atoms with Crippen molar-refractivity contribution in [2.45, 2.75) is 20.4 Å². The molecular weight excluding hydrogens is 372 g/mol. The Balaban J connectivity index is 1.63. The molecule has 0 aliphatic rings. The predicted molar refractivity (Wildman–Crippen MR) is 106 cm³/mol. The highest BCUT2D eigenvalue weighted by Crippen LogP contribution is 2.18. The number of pyridine rings is 2. The van der Waals surface area contributed by atoms with Crippen molar-refractivity contribution in [3.63, 3.8) is 0 Å². The summed E-state index contributed by atoms with van der Waals surface area (Å²) in [6.45, 7) is 4.71. The first kappa shape index (κ1) is 20.2. The molecule has 0 bridgehead atoms. The fourth-order valence-corrected chi connectivity index (χ4v) is 2.51. The van der Waals surface area contributed by atoms with Crippen molar-refractivity contribution in [1.82, 2.24) is 30.8 Å².